The lowest BCUT2D eigenvalue weighted by Gasteiger charge is -2.15. The number of carbonyl (C=O) groups excluding carboxylic acids is 1. The Morgan fingerprint density at radius 2 is 2.44 bits per heavy atom. The summed E-state index contributed by atoms with van der Waals surface area (Å²) in [6.45, 7) is 3.21. The van der Waals surface area contributed by atoms with E-state index < -0.39 is 0 Å². The van der Waals surface area contributed by atoms with Crippen molar-refractivity contribution in [1.82, 2.24) is 29.5 Å². The molecule has 18 heavy (non-hydrogen) atoms. The van der Waals surface area contributed by atoms with Gasteiger partial charge in [-0.15, -0.1) is 10.2 Å². The molecule has 0 aromatic carbocycles. The summed E-state index contributed by atoms with van der Waals surface area (Å²) in [4.78, 5) is 14.7. The first-order chi connectivity index (χ1) is 8.75. The van der Waals surface area contributed by atoms with E-state index in [9.17, 15) is 4.79 Å². The second-order valence-corrected chi connectivity index (χ2v) is 5.02. The molecule has 1 atom stereocenters. The van der Waals surface area contributed by atoms with Gasteiger partial charge in [-0.1, -0.05) is 9.70 Å². The van der Waals surface area contributed by atoms with Gasteiger partial charge in [0.1, 0.15) is 4.88 Å². The summed E-state index contributed by atoms with van der Waals surface area (Å²) in [6, 6.07) is 0.220. The second-order valence-electron chi connectivity index (χ2n) is 4.26. The molecule has 1 aliphatic rings. The van der Waals surface area contributed by atoms with E-state index in [1.54, 1.807) is 6.20 Å². The van der Waals surface area contributed by atoms with Crippen LogP contribution in [0.5, 0.6) is 0 Å². The summed E-state index contributed by atoms with van der Waals surface area (Å²) in [6.07, 6.45) is 4.39. The molecule has 0 bridgehead atoms. The molecule has 3 rings (SSSR count). The number of rotatable bonds is 2. The zero-order valence-corrected chi connectivity index (χ0v) is 10.7. The average molecular weight is 264 g/mol. The molecule has 2 aromatic rings. The quantitative estimate of drug-likeness (QED) is 0.790. The SMILES string of the molecule is Cc1nnsc1C(=O)N1CC[C@@H](n2ccnn2)C1. The maximum atomic E-state index is 12.3. The maximum Gasteiger partial charge on any atom is 0.267 e. The molecule has 94 valence electrons. The minimum Gasteiger partial charge on any atom is -0.336 e. The number of aromatic nitrogens is 5. The van der Waals surface area contributed by atoms with E-state index in [1.807, 2.05) is 22.7 Å². The van der Waals surface area contributed by atoms with Gasteiger partial charge in [-0.2, -0.15) is 0 Å². The summed E-state index contributed by atoms with van der Waals surface area (Å²) >= 11 is 1.16. The molecule has 0 aliphatic carbocycles. The number of carbonyl (C=O) groups is 1. The fourth-order valence-corrected chi connectivity index (χ4v) is 2.75. The minimum atomic E-state index is 0.0186. The Balaban J connectivity index is 1.73. The third-order valence-corrected chi connectivity index (χ3v) is 3.93. The van der Waals surface area contributed by atoms with Crippen LogP contribution >= 0.6 is 11.5 Å². The molecule has 1 fully saturated rings. The summed E-state index contributed by atoms with van der Waals surface area (Å²) in [5.74, 6) is 0.0186. The van der Waals surface area contributed by atoms with Gasteiger partial charge < -0.3 is 4.90 Å². The van der Waals surface area contributed by atoms with Crippen molar-refractivity contribution in [2.75, 3.05) is 13.1 Å². The third-order valence-electron chi connectivity index (χ3n) is 3.11. The topological polar surface area (TPSA) is 76.8 Å². The average Bonchev–Trinajstić information content (AvgIpc) is 3.09. The van der Waals surface area contributed by atoms with Crippen LogP contribution in [0, 0.1) is 6.92 Å². The molecule has 1 amide bonds. The summed E-state index contributed by atoms with van der Waals surface area (Å²) < 4.78 is 5.61. The van der Waals surface area contributed by atoms with Gasteiger partial charge in [0.05, 0.1) is 17.9 Å². The Morgan fingerprint density at radius 3 is 3.11 bits per heavy atom. The summed E-state index contributed by atoms with van der Waals surface area (Å²) in [7, 11) is 0. The number of amides is 1. The van der Waals surface area contributed by atoms with Gasteiger partial charge in [0.25, 0.3) is 5.91 Å². The van der Waals surface area contributed by atoms with Crippen molar-refractivity contribution in [3.63, 3.8) is 0 Å². The Bertz CT molecular complexity index is 550. The highest BCUT2D eigenvalue weighted by Crippen LogP contribution is 2.23. The van der Waals surface area contributed by atoms with Crippen molar-refractivity contribution in [1.29, 1.82) is 0 Å². The van der Waals surface area contributed by atoms with E-state index in [2.05, 4.69) is 19.9 Å². The van der Waals surface area contributed by atoms with Gasteiger partial charge >= 0.3 is 0 Å². The van der Waals surface area contributed by atoms with E-state index in [-0.39, 0.29) is 11.9 Å². The highest BCUT2D eigenvalue weighted by Gasteiger charge is 2.30. The predicted molar refractivity (Wildman–Crippen MR) is 64.2 cm³/mol. The van der Waals surface area contributed by atoms with Crippen molar-refractivity contribution in [3.8, 4) is 0 Å². The lowest BCUT2D eigenvalue weighted by Crippen LogP contribution is -2.29. The van der Waals surface area contributed by atoms with E-state index in [4.69, 9.17) is 0 Å². The molecule has 0 N–H and O–H groups in total. The van der Waals surface area contributed by atoms with Crippen molar-refractivity contribution in [3.05, 3.63) is 23.0 Å². The molecular formula is C10H12N6OS. The first kappa shape index (κ1) is 11.3. The fourth-order valence-electron chi connectivity index (χ4n) is 2.13. The molecule has 0 spiro atoms. The molecule has 3 heterocycles. The molecule has 7 nitrogen and oxygen atoms in total. The Labute approximate surface area is 108 Å². The van der Waals surface area contributed by atoms with Crippen LogP contribution < -0.4 is 0 Å². The number of hydrogen-bond donors (Lipinski definition) is 0. The van der Waals surface area contributed by atoms with Gasteiger partial charge in [0, 0.05) is 19.3 Å². The van der Waals surface area contributed by atoms with Crippen LogP contribution in [0.15, 0.2) is 12.4 Å². The van der Waals surface area contributed by atoms with Gasteiger partial charge in [0.15, 0.2) is 0 Å². The Morgan fingerprint density at radius 1 is 1.56 bits per heavy atom. The van der Waals surface area contributed by atoms with Crippen LogP contribution in [0.25, 0.3) is 0 Å². The van der Waals surface area contributed by atoms with Gasteiger partial charge in [-0.25, -0.2) is 4.68 Å². The van der Waals surface area contributed by atoms with Crippen LogP contribution in [-0.2, 0) is 0 Å². The van der Waals surface area contributed by atoms with Gasteiger partial charge in [-0.05, 0) is 24.9 Å². The van der Waals surface area contributed by atoms with E-state index in [0.717, 1.165) is 24.5 Å². The minimum absolute atomic E-state index is 0.0186. The molecule has 8 heteroatoms. The van der Waals surface area contributed by atoms with Crippen LogP contribution in [0.1, 0.15) is 27.8 Å². The second kappa shape index (κ2) is 4.45. The van der Waals surface area contributed by atoms with Crippen molar-refractivity contribution in [2.24, 2.45) is 0 Å². The maximum absolute atomic E-state index is 12.3. The van der Waals surface area contributed by atoms with Gasteiger partial charge in [-0.3, -0.25) is 4.79 Å². The molecular weight excluding hydrogens is 252 g/mol. The van der Waals surface area contributed by atoms with Crippen LogP contribution in [-0.4, -0.2) is 48.5 Å². The van der Waals surface area contributed by atoms with E-state index >= 15 is 0 Å². The zero-order chi connectivity index (χ0) is 12.5. The Kier molecular flexibility index (Phi) is 2.78. The number of likely N-dealkylation sites (tertiary alicyclic amines) is 1. The summed E-state index contributed by atoms with van der Waals surface area (Å²) in [5, 5.41) is 11.6. The molecule has 0 unspecified atom stereocenters. The molecule has 1 aliphatic heterocycles. The lowest BCUT2D eigenvalue weighted by molar-refractivity contribution is 0.0791. The van der Waals surface area contributed by atoms with Crippen LogP contribution in [0.2, 0.25) is 0 Å². The lowest BCUT2D eigenvalue weighted by atomic mass is 10.3. The van der Waals surface area contributed by atoms with Gasteiger partial charge in [0.2, 0.25) is 0 Å². The zero-order valence-electron chi connectivity index (χ0n) is 9.85. The predicted octanol–water partition coefficient (Wildman–Crippen LogP) is 0.525. The number of nitrogens with zero attached hydrogens (tertiary/aromatic N) is 6. The molecule has 0 saturated carbocycles. The molecule has 1 saturated heterocycles. The fraction of sp³-hybridized carbons (Fsp3) is 0.500. The smallest absolute Gasteiger partial charge is 0.267 e. The monoisotopic (exact) mass is 264 g/mol. The highest BCUT2D eigenvalue weighted by atomic mass is 32.1. The van der Waals surface area contributed by atoms with Crippen molar-refractivity contribution >= 4 is 17.4 Å². The van der Waals surface area contributed by atoms with Crippen molar-refractivity contribution < 1.29 is 4.79 Å². The largest absolute Gasteiger partial charge is 0.336 e. The number of hydrogen-bond acceptors (Lipinski definition) is 6. The first-order valence-corrected chi connectivity index (χ1v) is 6.47. The number of aryl methyl sites for hydroxylation is 1. The molecule has 0 radical (unpaired) electrons. The highest BCUT2D eigenvalue weighted by molar-refractivity contribution is 7.07. The Hall–Kier alpha value is -1.83. The van der Waals surface area contributed by atoms with Crippen molar-refractivity contribution in [2.45, 2.75) is 19.4 Å². The standard InChI is InChI=1S/C10H12N6OS/c1-7-9(18-14-12-7)10(17)15-4-2-8(6-15)16-5-3-11-13-16/h3,5,8H,2,4,6H2,1H3/t8-/m1/s1. The normalized spacial score (nSPS) is 19.4. The van der Waals surface area contributed by atoms with Crippen LogP contribution in [0.3, 0.4) is 0 Å². The first-order valence-electron chi connectivity index (χ1n) is 5.69. The van der Waals surface area contributed by atoms with E-state index in [1.165, 1.54) is 0 Å². The molecule has 2 aromatic heterocycles. The van der Waals surface area contributed by atoms with Crippen LogP contribution in [0.4, 0.5) is 0 Å². The summed E-state index contributed by atoms with van der Waals surface area (Å²) in [5.41, 5.74) is 0.703. The van der Waals surface area contributed by atoms with E-state index in [0.29, 0.717) is 17.1 Å². The third kappa shape index (κ3) is 1.88.